The van der Waals surface area contributed by atoms with Gasteiger partial charge in [-0.05, 0) is 38.1 Å². The van der Waals surface area contributed by atoms with Gasteiger partial charge in [-0.25, -0.2) is 0 Å². The van der Waals surface area contributed by atoms with E-state index in [4.69, 9.17) is 21.1 Å². The van der Waals surface area contributed by atoms with Crippen LogP contribution in [0, 0.1) is 6.92 Å². The van der Waals surface area contributed by atoms with E-state index in [1.165, 1.54) is 31.8 Å². The number of aromatic nitrogens is 5. The number of methoxy groups -OCH3 is 1. The highest BCUT2D eigenvalue weighted by Gasteiger charge is 2.51. The highest BCUT2D eigenvalue weighted by molar-refractivity contribution is 6.30. The summed E-state index contributed by atoms with van der Waals surface area (Å²) in [5.41, 5.74) is -1.27. The number of alkyl halides is 3. The van der Waals surface area contributed by atoms with E-state index in [1.54, 1.807) is 12.3 Å². The molecule has 13 heteroatoms. The van der Waals surface area contributed by atoms with Gasteiger partial charge in [0.2, 0.25) is 0 Å². The van der Waals surface area contributed by atoms with Crippen LogP contribution in [0.25, 0.3) is 5.69 Å². The Balaban J connectivity index is 1.88. The number of hydrogen-bond donors (Lipinski definition) is 2. The molecule has 0 saturated carbocycles. The fourth-order valence-corrected chi connectivity index (χ4v) is 4.49. The molecule has 0 radical (unpaired) electrons. The third-order valence-electron chi connectivity index (χ3n) is 5.81. The number of halogens is 4. The van der Waals surface area contributed by atoms with Gasteiger partial charge in [-0.3, -0.25) is 9.25 Å². The summed E-state index contributed by atoms with van der Waals surface area (Å²) in [6.45, 7) is 2.96. The molecule has 1 saturated heterocycles. The lowest BCUT2D eigenvalue weighted by molar-refractivity contribution is -0.230. The Morgan fingerprint density at radius 2 is 2.00 bits per heavy atom. The van der Waals surface area contributed by atoms with Gasteiger partial charge in [-0.15, -0.1) is 10.2 Å². The fourth-order valence-electron chi connectivity index (χ4n) is 4.32. The van der Waals surface area contributed by atoms with Crippen LogP contribution >= 0.6 is 11.6 Å². The number of hydrogen-bond acceptors (Lipinski definition) is 7. The fraction of sp³-hybridized carbons (Fsp3) is 0.476. The van der Waals surface area contributed by atoms with Crippen molar-refractivity contribution >= 4 is 11.6 Å². The van der Waals surface area contributed by atoms with Gasteiger partial charge in [-0.1, -0.05) is 11.6 Å². The summed E-state index contributed by atoms with van der Waals surface area (Å²) in [4.78, 5) is 0. The van der Waals surface area contributed by atoms with E-state index in [9.17, 15) is 23.4 Å². The molecular weight excluding hydrogens is 479 g/mol. The minimum Gasteiger partial charge on any atom is -0.391 e. The van der Waals surface area contributed by atoms with E-state index in [-0.39, 0.29) is 22.4 Å². The molecule has 3 aromatic rings. The molecule has 6 atom stereocenters. The zero-order valence-electron chi connectivity index (χ0n) is 18.4. The molecule has 1 aromatic carbocycles. The third-order valence-corrected chi connectivity index (χ3v) is 6.05. The van der Waals surface area contributed by atoms with Crippen molar-refractivity contribution in [3.05, 3.63) is 58.9 Å². The van der Waals surface area contributed by atoms with Gasteiger partial charge in [0.15, 0.2) is 5.82 Å². The van der Waals surface area contributed by atoms with Crippen LogP contribution in [0.2, 0.25) is 5.02 Å². The van der Waals surface area contributed by atoms with Crippen molar-refractivity contribution in [2.24, 2.45) is 0 Å². The molecule has 9 nitrogen and oxygen atoms in total. The number of ether oxygens (including phenoxy) is 2. The van der Waals surface area contributed by atoms with Crippen molar-refractivity contribution in [1.29, 1.82) is 0 Å². The molecule has 2 aromatic heterocycles. The predicted molar refractivity (Wildman–Crippen MR) is 113 cm³/mol. The van der Waals surface area contributed by atoms with Gasteiger partial charge in [0.25, 0.3) is 0 Å². The average Bonchev–Trinajstić information content (AvgIpc) is 3.42. The van der Waals surface area contributed by atoms with E-state index in [0.717, 1.165) is 22.8 Å². The van der Waals surface area contributed by atoms with E-state index in [0.29, 0.717) is 0 Å². The maximum atomic E-state index is 13.8. The Morgan fingerprint density at radius 1 is 1.26 bits per heavy atom. The van der Waals surface area contributed by atoms with Gasteiger partial charge in [-0.2, -0.15) is 18.3 Å². The summed E-state index contributed by atoms with van der Waals surface area (Å²) in [7, 11) is 1.40. The molecule has 1 aliphatic heterocycles. The van der Waals surface area contributed by atoms with Crippen molar-refractivity contribution in [2.45, 2.75) is 56.6 Å². The lowest BCUT2D eigenvalue weighted by Gasteiger charge is -2.45. The second-order valence-corrected chi connectivity index (χ2v) is 8.47. The molecule has 1 fully saturated rings. The van der Waals surface area contributed by atoms with Crippen molar-refractivity contribution in [3.8, 4) is 5.69 Å². The minimum absolute atomic E-state index is 0.0721. The second kappa shape index (κ2) is 9.27. The molecular formula is C21H23ClF3N5O4. The van der Waals surface area contributed by atoms with Crippen LogP contribution < -0.4 is 0 Å². The minimum atomic E-state index is -4.69. The summed E-state index contributed by atoms with van der Waals surface area (Å²) < 4.78 is 55.6. The topological polar surface area (TPSA) is 107 Å². The van der Waals surface area contributed by atoms with Crippen LogP contribution in [0.1, 0.15) is 36.3 Å². The standard InChI is InChI=1S/C21H23ClF3N5O4/c1-10(31)17-18(33-3)15(29-8-4-7-26-29)16(32)19(34-17)20-28-27-11(2)30(20)14-9-12(22)5-6-13(14)21(23,24)25/h4-10,15-19,31-32H,1-3H3/t10?,15?,16?,17?,18-,19-/m1/s1. The molecule has 3 heterocycles. The average molecular weight is 502 g/mol. The highest BCUT2D eigenvalue weighted by atomic mass is 35.5. The quantitative estimate of drug-likeness (QED) is 0.553. The molecule has 4 rings (SSSR count). The molecule has 0 bridgehead atoms. The maximum Gasteiger partial charge on any atom is 0.418 e. The molecule has 4 unspecified atom stereocenters. The van der Waals surface area contributed by atoms with E-state index < -0.39 is 48.3 Å². The van der Waals surface area contributed by atoms with Crippen LogP contribution in [0.3, 0.4) is 0 Å². The summed E-state index contributed by atoms with van der Waals surface area (Å²) >= 11 is 6.03. The lowest BCUT2D eigenvalue weighted by atomic mass is 9.89. The first-order chi connectivity index (χ1) is 16.0. The van der Waals surface area contributed by atoms with Crippen LogP contribution in [-0.4, -0.2) is 66.3 Å². The number of nitrogens with zero attached hydrogens (tertiary/aromatic N) is 5. The number of aliphatic hydroxyl groups is 2. The van der Waals surface area contributed by atoms with E-state index in [2.05, 4.69) is 15.3 Å². The highest BCUT2D eigenvalue weighted by Crippen LogP contribution is 2.42. The lowest BCUT2D eigenvalue weighted by Crippen LogP contribution is -2.56. The monoisotopic (exact) mass is 501 g/mol. The SMILES string of the molecule is CO[C@H]1C(C(C)O)O[C@@H](c2nnc(C)n2-c2cc(Cl)ccc2C(F)(F)F)C(O)C1n1cccn1. The molecule has 1 aliphatic rings. The van der Waals surface area contributed by atoms with Crippen molar-refractivity contribution in [3.63, 3.8) is 0 Å². The Kier molecular flexibility index (Phi) is 6.71. The second-order valence-electron chi connectivity index (χ2n) is 8.03. The predicted octanol–water partition coefficient (Wildman–Crippen LogP) is 2.88. The van der Waals surface area contributed by atoms with Crippen molar-refractivity contribution in [1.82, 2.24) is 24.5 Å². The van der Waals surface area contributed by atoms with Crippen LogP contribution in [0.4, 0.5) is 13.2 Å². The first-order valence-electron chi connectivity index (χ1n) is 10.4. The van der Waals surface area contributed by atoms with Crippen LogP contribution in [0.15, 0.2) is 36.7 Å². The summed E-state index contributed by atoms with van der Waals surface area (Å²) in [6.07, 6.45) is -7.04. The molecule has 0 aliphatic carbocycles. The van der Waals surface area contributed by atoms with Gasteiger partial charge in [0.1, 0.15) is 36.3 Å². The molecule has 184 valence electrons. The Bertz CT molecular complexity index is 1140. The van der Waals surface area contributed by atoms with Gasteiger partial charge in [0, 0.05) is 24.5 Å². The van der Waals surface area contributed by atoms with Gasteiger partial charge in [0.05, 0.1) is 17.4 Å². The van der Waals surface area contributed by atoms with Crippen molar-refractivity contribution < 1.29 is 32.9 Å². The molecule has 0 spiro atoms. The molecule has 2 N–H and O–H groups in total. The Morgan fingerprint density at radius 3 is 2.59 bits per heavy atom. The summed E-state index contributed by atoms with van der Waals surface area (Å²) in [5, 5.41) is 34.0. The number of aryl methyl sites for hydroxylation is 1. The maximum absolute atomic E-state index is 13.8. The zero-order chi connectivity index (χ0) is 24.8. The first kappa shape index (κ1) is 24.6. The third kappa shape index (κ3) is 4.31. The largest absolute Gasteiger partial charge is 0.418 e. The van der Waals surface area contributed by atoms with E-state index >= 15 is 0 Å². The zero-order valence-corrected chi connectivity index (χ0v) is 19.1. The van der Waals surface area contributed by atoms with Crippen molar-refractivity contribution in [2.75, 3.05) is 7.11 Å². The van der Waals surface area contributed by atoms with Gasteiger partial charge >= 0.3 is 6.18 Å². The number of aliphatic hydroxyl groups excluding tert-OH is 2. The van der Waals surface area contributed by atoms with Gasteiger partial charge < -0.3 is 19.7 Å². The molecule has 34 heavy (non-hydrogen) atoms. The number of benzene rings is 1. The number of rotatable bonds is 5. The van der Waals surface area contributed by atoms with Crippen LogP contribution in [-0.2, 0) is 15.7 Å². The smallest absolute Gasteiger partial charge is 0.391 e. The first-order valence-corrected chi connectivity index (χ1v) is 10.7. The molecule has 0 amide bonds. The van der Waals surface area contributed by atoms with E-state index in [1.807, 2.05) is 0 Å². The Hall–Kier alpha value is -2.51. The van der Waals surface area contributed by atoms with Crippen LogP contribution in [0.5, 0.6) is 0 Å². The Labute approximate surface area is 197 Å². The normalized spacial score (nSPS) is 26.6. The summed E-state index contributed by atoms with van der Waals surface area (Å²) in [6, 6.07) is 3.96. The summed E-state index contributed by atoms with van der Waals surface area (Å²) in [5.74, 6) is 0.0341.